The van der Waals surface area contributed by atoms with E-state index in [-0.39, 0.29) is 5.41 Å². The molecule has 0 saturated carbocycles. The van der Waals surface area contributed by atoms with E-state index in [4.69, 9.17) is 23.8 Å². The maximum atomic E-state index is 6.64. The molecule has 4 aromatic heterocycles. The lowest BCUT2D eigenvalue weighted by Gasteiger charge is -2.21. The number of furan rings is 2. The Morgan fingerprint density at radius 3 is 1.73 bits per heavy atom. The van der Waals surface area contributed by atoms with Gasteiger partial charge in [0.05, 0.1) is 0 Å². The van der Waals surface area contributed by atoms with E-state index in [1.54, 1.807) is 0 Å². The van der Waals surface area contributed by atoms with Gasteiger partial charge in [-0.15, -0.1) is 11.3 Å². The van der Waals surface area contributed by atoms with Gasteiger partial charge in [0.1, 0.15) is 22.3 Å². The Bertz CT molecular complexity index is 4160. The lowest BCUT2D eigenvalue weighted by molar-refractivity contribution is 0.660. The third-order valence-corrected chi connectivity index (χ3v) is 14.9. The number of benzene rings is 9. The summed E-state index contributed by atoms with van der Waals surface area (Å²) in [5.41, 5.74) is 15.5. The first-order valence-electron chi connectivity index (χ1n) is 22.3. The summed E-state index contributed by atoms with van der Waals surface area (Å²) in [6.45, 7) is 4.60. The van der Waals surface area contributed by atoms with Crippen LogP contribution in [0.4, 0.5) is 0 Å². The monoisotopic (exact) mass is 863 g/mol. The maximum absolute atomic E-state index is 6.64. The zero-order chi connectivity index (χ0) is 43.7. The minimum absolute atomic E-state index is 0.165. The Morgan fingerprint density at radius 2 is 0.924 bits per heavy atom. The molecule has 0 aliphatic heterocycles. The molecule has 0 bridgehead atoms. The standard InChI is InChI=1S/C60H37N3O2S/c1-60(2)46-20-8-6-15-40(46)41-28-26-37(32-47(41)60)58-61-57(34-13-4-3-5-14-34)62-59(63-58)44-19-12-21-49-54(44)45-31-35(27-30-48(45)64-49)38-17-10-22-50-55(38)56-39(18-11-23-51(56)65-50)36-25-29-43-42-16-7-9-24-52(42)66-53(43)33-36/h3-33H,1-2H3. The Balaban J connectivity index is 0.944. The quantitative estimate of drug-likeness (QED) is 0.172. The van der Waals surface area contributed by atoms with E-state index < -0.39 is 0 Å². The van der Waals surface area contributed by atoms with E-state index in [0.29, 0.717) is 17.5 Å². The highest BCUT2D eigenvalue weighted by atomic mass is 32.1. The fraction of sp³-hybridized carbons (Fsp3) is 0.0500. The van der Waals surface area contributed by atoms with Crippen molar-refractivity contribution in [2.75, 3.05) is 0 Å². The topological polar surface area (TPSA) is 65.0 Å². The van der Waals surface area contributed by atoms with Gasteiger partial charge in [0.25, 0.3) is 0 Å². The van der Waals surface area contributed by atoms with Crippen LogP contribution in [0.2, 0.25) is 0 Å². The van der Waals surface area contributed by atoms with Crippen LogP contribution in [0.1, 0.15) is 25.0 Å². The first-order valence-corrected chi connectivity index (χ1v) is 23.1. The van der Waals surface area contributed by atoms with E-state index in [1.807, 2.05) is 41.7 Å². The van der Waals surface area contributed by atoms with E-state index >= 15 is 0 Å². The Labute approximate surface area is 383 Å². The average Bonchev–Trinajstić information content (AvgIpc) is 4.11. The van der Waals surface area contributed by atoms with Crippen molar-refractivity contribution in [1.29, 1.82) is 0 Å². The summed E-state index contributed by atoms with van der Waals surface area (Å²) in [4.78, 5) is 15.7. The molecule has 1 aliphatic rings. The molecule has 4 heterocycles. The van der Waals surface area contributed by atoms with Crippen LogP contribution in [0.15, 0.2) is 197 Å². The molecule has 310 valence electrons. The van der Waals surface area contributed by atoms with Gasteiger partial charge in [-0.1, -0.05) is 153 Å². The molecule has 13 aromatic rings. The first kappa shape index (κ1) is 37.2. The molecule has 0 atom stereocenters. The van der Waals surface area contributed by atoms with Crippen LogP contribution in [0.25, 0.3) is 132 Å². The molecule has 66 heavy (non-hydrogen) atoms. The third kappa shape index (κ3) is 5.49. The fourth-order valence-corrected chi connectivity index (χ4v) is 11.8. The predicted octanol–water partition coefficient (Wildman–Crippen LogP) is 16.7. The summed E-state index contributed by atoms with van der Waals surface area (Å²) < 4.78 is 15.8. The SMILES string of the molecule is CC1(C)c2ccccc2-c2ccc(-c3nc(-c4ccccc4)nc(-c4cccc5oc6ccc(-c7cccc8oc9cccc(-c%10ccc%11c(c%10)sc%10ccccc%10%11)c9c78)cc6c45)n3)cc21. The summed E-state index contributed by atoms with van der Waals surface area (Å²) in [5.74, 6) is 1.83. The van der Waals surface area contributed by atoms with Gasteiger partial charge in [-0.05, 0) is 93.0 Å². The summed E-state index contributed by atoms with van der Waals surface area (Å²) in [6.07, 6.45) is 0. The van der Waals surface area contributed by atoms with Gasteiger partial charge in [0.15, 0.2) is 17.5 Å². The van der Waals surface area contributed by atoms with Gasteiger partial charge in [0, 0.05) is 63.8 Å². The lowest BCUT2D eigenvalue weighted by atomic mass is 9.82. The van der Waals surface area contributed by atoms with Gasteiger partial charge in [-0.25, -0.2) is 15.0 Å². The summed E-state index contributed by atoms with van der Waals surface area (Å²) in [6, 6.07) is 66.5. The van der Waals surface area contributed by atoms with Crippen molar-refractivity contribution in [3.63, 3.8) is 0 Å². The molecule has 0 N–H and O–H groups in total. The van der Waals surface area contributed by atoms with E-state index in [1.165, 1.54) is 48.0 Å². The number of nitrogens with zero attached hydrogens (tertiary/aromatic N) is 3. The maximum Gasteiger partial charge on any atom is 0.164 e. The molecule has 0 unspecified atom stereocenters. The van der Waals surface area contributed by atoms with E-state index in [0.717, 1.165) is 77.3 Å². The minimum atomic E-state index is -0.165. The van der Waals surface area contributed by atoms with Crippen LogP contribution in [0.3, 0.4) is 0 Å². The van der Waals surface area contributed by atoms with Crippen molar-refractivity contribution in [2.24, 2.45) is 0 Å². The van der Waals surface area contributed by atoms with Gasteiger partial charge < -0.3 is 8.83 Å². The van der Waals surface area contributed by atoms with Crippen LogP contribution in [0, 0.1) is 0 Å². The number of fused-ring (bicyclic) bond motifs is 12. The molecule has 6 heteroatoms. The van der Waals surface area contributed by atoms with Crippen molar-refractivity contribution in [2.45, 2.75) is 19.3 Å². The molecule has 14 rings (SSSR count). The third-order valence-electron chi connectivity index (χ3n) is 13.8. The molecule has 5 nitrogen and oxygen atoms in total. The van der Waals surface area contributed by atoms with Crippen molar-refractivity contribution in [3.05, 3.63) is 199 Å². The van der Waals surface area contributed by atoms with Crippen molar-refractivity contribution in [3.8, 4) is 67.5 Å². The van der Waals surface area contributed by atoms with Gasteiger partial charge in [-0.3, -0.25) is 0 Å². The van der Waals surface area contributed by atoms with E-state index in [9.17, 15) is 0 Å². The second kappa shape index (κ2) is 13.9. The van der Waals surface area contributed by atoms with Gasteiger partial charge in [0.2, 0.25) is 0 Å². The van der Waals surface area contributed by atoms with Crippen molar-refractivity contribution in [1.82, 2.24) is 15.0 Å². The molecule has 0 fully saturated rings. The fourth-order valence-electron chi connectivity index (χ4n) is 10.6. The summed E-state index contributed by atoms with van der Waals surface area (Å²) in [7, 11) is 0. The number of hydrogen-bond donors (Lipinski definition) is 0. The second-order valence-corrected chi connectivity index (χ2v) is 18.9. The lowest BCUT2D eigenvalue weighted by Crippen LogP contribution is -2.15. The van der Waals surface area contributed by atoms with E-state index in [2.05, 4.69) is 172 Å². The molecular formula is C60H37N3O2S. The smallest absolute Gasteiger partial charge is 0.164 e. The van der Waals surface area contributed by atoms with Crippen LogP contribution in [0.5, 0.6) is 0 Å². The predicted molar refractivity (Wildman–Crippen MR) is 272 cm³/mol. The highest BCUT2D eigenvalue weighted by Gasteiger charge is 2.35. The second-order valence-electron chi connectivity index (χ2n) is 17.9. The molecule has 0 saturated heterocycles. The number of aromatic nitrogens is 3. The Hall–Kier alpha value is -8.19. The molecule has 0 amide bonds. The van der Waals surface area contributed by atoms with Crippen molar-refractivity contribution >= 4 is 75.4 Å². The summed E-state index contributed by atoms with van der Waals surface area (Å²) in [5, 5.41) is 6.71. The first-order chi connectivity index (χ1) is 32.4. The molecular weight excluding hydrogens is 827 g/mol. The Morgan fingerprint density at radius 1 is 0.348 bits per heavy atom. The number of thiophene rings is 1. The molecule has 0 radical (unpaired) electrons. The van der Waals surface area contributed by atoms with Crippen LogP contribution < -0.4 is 0 Å². The van der Waals surface area contributed by atoms with Crippen LogP contribution >= 0.6 is 11.3 Å². The van der Waals surface area contributed by atoms with Crippen LogP contribution in [-0.4, -0.2) is 15.0 Å². The van der Waals surface area contributed by atoms with Gasteiger partial charge >= 0.3 is 0 Å². The zero-order valence-electron chi connectivity index (χ0n) is 36.0. The highest BCUT2D eigenvalue weighted by Crippen LogP contribution is 2.50. The average molecular weight is 864 g/mol. The number of rotatable bonds is 5. The van der Waals surface area contributed by atoms with Gasteiger partial charge in [-0.2, -0.15) is 0 Å². The summed E-state index contributed by atoms with van der Waals surface area (Å²) >= 11 is 1.84. The molecule has 0 spiro atoms. The number of hydrogen-bond acceptors (Lipinski definition) is 6. The highest BCUT2D eigenvalue weighted by molar-refractivity contribution is 7.25. The zero-order valence-corrected chi connectivity index (χ0v) is 36.8. The molecule has 1 aliphatic carbocycles. The minimum Gasteiger partial charge on any atom is -0.456 e. The largest absolute Gasteiger partial charge is 0.456 e. The normalized spacial score (nSPS) is 13.1. The van der Waals surface area contributed by atoms with Crippen LogP contribution in [-0.2, 0) is 5.41 Å². The van der Waals surface area contributed by atoms with Crippen molar-refractivity contribution < 1.29 is 8.83 Å². The molecule has 9 aromatic carbocycles. The Kier molecular flexibility index (Phi) is 7.84.